The number of hydrogen-bond acceptors (Lipinski definition) is 3. The normalized spacial score (nSPS) is 17.2. The highest BCUT2D eigenvalue weighted by atomic mass is 16.2. The summed E-state index contributed by atoms with van der Waals surface area (Å²) in [4.78, 5) is 31.2. The standard InChI is InChI=1S/C23H37N5O2/c1-7-24-22(26-19-11-12-28(15-19)21(30)16(2)3)25-14-17-9-8-10-18(13-17)20(29)27-23(4,5)6/h8-10,13,16,19H,7,11-12,14-15H2,1-6H3,(H,27,29)(H2,24,25,26). The maximum atomic E-state index is 12.4. The molecule has 7 nitrogen and oxygen atoms in total. The van der Waals surface area contributed by atoms with Crippen molar-refractivity contribution in [3.8, 4) is 0 Å². The van der Waals surface area contributed by atoms with Crippen molar-refractivity contribution < 1.29 is 9.59 Å². The Labute approximate surface area is 180 Å². The first kappa shape index (κ1) is 23.7. The second kappa shape index (κ2) is 10.5. The van der Waals surface area contributed by atoms with Gasteiger partial charge in [-0.3, -0.25) is 9.59 Å². The Morgan fingerprint density at radius 3 is 2.63 bits per heavy atom. The molecule has 0 bridgehead atoms. The fourth-order valence-electron chi connectivity index (χ4n) is 3.35. The number of hydrogen-bond donors (Lipinski definition) is 3. The molecule has 166 valence electrons. The van der Waals surface area contributed by atoms with E-state index in [9.17, 15) is 9.59 Å². The van der Waals surface area contributed by atoms with Crippen LogP contribution in [0.1, 0.15) is 63.9 Å². The third kappa shape index (κ3) is 7.35. The van der Waals surface area contributed by atoms with Gasteiger partial charge in [-0.15, -0.1) is 0 Å². The van der Waals surface area contributed by atoms with Crippen LogP contribution in [0.3, 0.4) is 0 Å². The van der Waals surface area contributed by atoms with Crippen LogP contribution in [0.4, 0.5) is 0 Å². The minimum atomic E-state index is -0.278. The number of rotatable bonds is 6. The average Bonchev–Trinajstić information content (AvgIpc) is 3.13. The number of nitrogens with zero attached hydrogens (tertiary/aromatic N) is 2. The van der Waals surface area contributed by atoms with Crippen molar-refractivity contribution in [3.63, 3.8) is 0 Å². The number of benzene rings is 1. The molecular weight excluding hydrogens is 378 g/mol. The smallest absolute Gasteiger partial charge is 0.251 e. The molecule has 1 fully saturated rings. The van der Waals surface area contributed by atoms with E-state index in [1.54, 1.807) is 0 Å². The Hall–Kier alpha value is -2.57. The van der Waals surface area contributed by atoms with Crippen LogP contribution in [0.25, 0.3) is 0 Å². The molecule has 1 aromatic carbocycles. The number of guanidine groups is 1. The lowest BCUT2D eigenvalue weighted by Gasteiger charge is -2.21. The predicted octanol–water partition coefficient (Wildman–Crippen LogP) is 2.53. The SMILES string of the molecule is CCNC(=NCc1cccc(C(=O)NC(C)(C)C)c1)NC1CCN(C(=O)C(C)C)C1. The molecule has 1 aliphatic rings. The quantitative estimate of drug-likeness (QED) is 0.492. The molecule has 0 aromatic heterocycles. The van der Waals surface area contributed by atoms with Gasteiger partial charge in [0.25, 0.3) is 5.91 Å². The molecule has 3 N–H and O–H groups in total. The largest absolute Gasteiger partial charge is 0.357 e. The summed E-state index contributed by atoms with van der Waals surface area (Å²) in [5.41, 5.74) is 1.32. The first-order chi connectivity index (χ1) is 14.1. The van der Waals surface area contributed by atoms with Crippen LogP contribution in [0.15, 0.2) is 29.3 Å². The third-order valence-electron chi connectivity index (χ3n) is 4.78. The number of carbonyl (C=O) groups excluding carboxylic acids is 2. The molecule has 2 amide bonds. The Bertz CT molecular complexity index is 767. The van der Waals surface area contributed by atoms with Crippen molar-refractivity contribution in [1.29, 1.82) is 0 Å². The lowest BCUT2D eigenvalue weighted by Crippen LogP contribution is -2.45. The van der Waals surface area contributed by atoms with Gasteiger partial charge in [-0.2, -0.15) is 0 Å². The van der Waals surface area contributed by atoms with Crippen molar-refractivity contribution >= 4 is 17.8 Å². The summed E-state index contributed by atoms with van der Waals surface area (Å²) in [7, 11) is 0. The van der Waals surface area contributed by atoms with Gasteiger partial charge in [0.1, 0.15) is 0 Å². The number of likely N-dealkylation sites (tertiary alicyclic amines) is 1. The van der Waals surface area contributed by atoms with Crippen LogP contribution in [-0.4, -0.2) is 53.9 Å². The molecule has 0 saturated carbocycles. The second-order valence-corrected chi connectivity index (χ2v) is 9.17. The van der Waals surface area contributed by atoms with E-state index in [1.165, 1.54) is 0 Å². The Morgan fingerprint density at radius 1 is 1.27 bits per heavy atom. The van der Waals surface area contributed by atoms with E-state index in [1.807, 2.05) is 70.7 Å². The van der Waals surface area contributed by atoms with Crippen molar-refractivity contribution in [2.24, 2.45) is 10.9 Å². The molecule has 7 heteroatoms. The Morgan fingerprint density at radius 2 is 2.00 bits per heavy atom. The van der Waals surface area contributed by atoms with Gasteiger partial charge in [0, 0.05) is 42.7 Å². The molecule has 30 heavy (non-hydrogen) atoms. The summed E-state index contributed by atoms with van der Waals surface area (Å²) in [6, 6.07) is 7.74. The van der Waals surface area contributed by atoms with Crippen molar-refractivity contribution in [2.45, 2.75) is 66.1 Å². The molecule has 1 aromatic rings. The highest BCUT2D eigenvalue weighted by Crippen LogP contribution is 2.13. The summed E-state index contributed by atoms with van der Waals surface area (Å²) >= 11 is 0. The van der Waals surface area contributed by atoms with Gasteiger partial charge in [0.15, 0.2) is 5.96 Å². The third-order valence-corrected chi connectivity index (χ3v) is 4.78. The Kier molecular flexibility index (Phi) is 8.26. The maximum Gasteiger partial charge on any atom is 0.251 e. The van der Waals surface area contributed by atoms with Crippen molar-refractivity contribution in [1.82, 2.24) is 20.9 Å². The second-order valence-electron chi connectivity index (χ2n) is 9.17. The van der Waals surface area contributed by atoms with Crippen LogP contribution in [0.2, 0.25) is 0 Å². The fraction of sp³-hybridized carbons (Fsp3) is 0.609. The van der Waals surface area contributed by atoms with E-state index in [-0.39, 0.29) is 29.3 Å². The van der Waals surface area contributed by atoms with Gasteiger partial charge in [0.2, 0.25) is 5.91 Å². The summed E-state index contributed by atoms with van der Waals surface area (Å²) in [6.45, 7) is 14.5. The molecule has 1 atom stereocenters. The van der Waals surface area contributed by atoms with Gasteiger partial charge in [-0.05, 0) is 51.8 Å². The highest BCUT2D eigenvalue weighted by molar-refractivity contribution is 5.94. The highest BCUT2D eigenvalue weighted by Gasteiger charge is 2.28. The number of amides is 2. The monoisotopic (exact) mass is 415 g/mol. The van der Waals surface area contributed by atoms with Crippen molar-refractivity contribution in [2.75, 3.05) is 19.6 Å². The number of aliphatic imine (C=N–C) groups is 1. The van der Waals surface area contributed by atoms with Gasteiger partial charge in [-0.25, -0.2) is 4.99 Å². The molecule has 0 radical (unpaired) electrons. The summed E-state index contributed by atoms with van der Waals surface area (Å²) < 4.78 is 0. The lowest BCUT2D eigenvalue weighted by molar-refractivity contribution is -0.133. The summed E-state index contributed by atoms with van der Waals surface area (Å²) in [5, 5.41) is 9.70. The molecule has 2 rings (SSSR count). The zero-order valence-electron chi connectivity index (χ0n) is 19.2. The minimum Gasteiger partial charge on any atom is -0.357 e. The van der Waals surface area contributed by atoms with E-state index < -0.39 is 0 Å². The van der Waals surface area contributed by atoms with Gasteiger partial charge in [0.05, 0.1) is 6.54 Å². The summed E-state index contributed by atoms with van der Waals surface area (Å²) in [6.07, 6.45) is 0.908. The van der Waals surface area contributed by atoms with Crippen LogP contribution in [-0.2, 0) is 11.3 Å². The first-order valence-electron chi connectivity index (χ1n) is 10.8. The van der Waals surface area contributed by atoms with Crippen LogP contribution in [0, 0.1) is 5.92 Å². The fourth-order valence-corrected chi connectivity index (χ4v) is 3.35. The van der Waals surface area contributed by atoms with Gasteiger partial charge >= 0.3 is 0 Å². The van der Waals surface area contributed by atoms with Gasteiger partial charge in [-0.1, -0.05) is 26.0 Å². The van der Waals surface area contributed by atoms with Crippen molar-refractivity contribution in [3.05, 3.63) is 35.4 Å². The molecule has 0 aliphatic carbocycles. The minimum absolute atomic E-state index is 0.0217. The average molecular weight is 416 g/mol. The molecule has 1 aliphatic heterocycles. The van der Waals surface area contributed by atoms with E-state index in [0.29, 0.717) is 18.7 Å². The topological polar surface area (TPSA) is 85.8 Å². The molecular formula is C23H37N5O2. The van der Waals surface area contributed by atoms with Crippen LogP contribution in [0.5, 0.6) is 0 Å². The van der Waals surface area contributed by atoms with Crippen LogP contribution < -0.4 is 16.0 Å². The zero-order valence-corrected chi connectivity index (χ0v) is 19.2. The van der Waals surface area contributed by atoms with E-state index in [2.05, 4.69) is 20.9 Å². The van der Waals surface area contributed by atoms with E-state index in [4.69, 9.17) is 0 Å². The molecule has 0 spiro atoms. The first-order valence-corrected chi connectivity index (χ1v) is 10.8. The van der Waals surface area contributed by atoms with Crippen LogP contribution >= 0.6 is 0 Å². The molecule has 1 saturated heterocycles. The number of carbonyl (C=O) groups is 2. The van der Waals surface area contributed by atoms with E-state index >= 15 is 0 Å². The number of nitrogens with one attached hydrogen (secondary N) is 3. The molecule has 1 unspecified atom stereocenters. The molecule has 1 heterocycles. The maximum absolute atomic E-state index is 12.4. The Balaban J connectivity index is 2.00. The van der Waals surface area contributed by atoms with Gasteiger partial charge < -0.3 is 20.9 Å². The zero-order chi connectivity index (χ0) is 22.3. The summed E-state index contributed by atoms with van der Waals surface area (Å²) in [5.74, 6) is 0.866. The lowest BCUT2D eigenvalue weighted by atomic mass is 10.1. The van der Waals surface area contributed by atoms with E-state index in [0.717, 1.165) is 31.0 Å². The predicted molar refractivity (Wildman–Crippen MR) is 121 cm³/mol.